The first kappa shape index (κ1) is 24.2. The fourth-order valence-corrected chi connectivity index (χ4v) is 6.29. The smallest absolute Gasteiger partial charge is 0.0347 e. The largest absolute Gasteiger partial charge is 0.263 e. The fourth-order valence-electron chi connectivity index (χ4n) is 6.29. The van der Waals surface area contributed by atoms with Gasteiger partial charge >= 0.3 is 0 Å². The third kappa shape index (κ3) is 4.05. The fraction of sp³-hybridized carbons (Fsp3) is 0. The van der Waals surface area contributed by atoms with Gasteiger partial charge in [-0.2, -0.15) is 0 Å². The molecule has 2 heterocycles. The molecule has 0 amide bonds. The van der Waals surface area contributed by atoms with Gasteiger partial charge in [-0.05, 0) is 66.7 Å². The van der Waals surface area contributed by atoms with Crippen LogP contribution in [-0.4, -0.2) is 9.97 Å². The van der Waals surface area contributed by atoms with Gasteiger partial charge < -0.3 is 0 Å². The van der Waals surface area contributed by atoms with Gasteiger partial charge in [0.25, 0.3) is 0 Å². The number of hydrogen-bond donors (Lipinski definition) is 0. The van der Waals surface area contributed by atoms with Gasteiger partial charge in [-0.25, -0.2) is 0 Å². The molecule has 2 heteroatoms. The van der Waals surface area contributed by atoms with Gasteiger partial charge in [-0.3, -0.25) is 9.97 Å². The molecule has 0 N–H and O–H groups in total. The van der Waals surface area contributed by atoms with Crippen LogP contribution in [0.25, 0.3) is 76.8 Å². The summed E-state index contributed by atoms with van der Waals surface area (Å²) in [6.07, 6.45) is 7.91. The van der Waals surface area contributed by atoms with E-state index in [4.69, 9.17) is 9.97 Å². The molecule has 6 aromatic carbocycles. The average molecular weight is 535 g/mol. The highest BCUT2D eigenvalue weighted by Gasteiger charge is 2.19. The number of aromatic nitrogens is 2. The van der Waals surface area contributed by atoms with Crippen LogP contribution in [0.4, 0.5) is 0 Å². The summed E-state index contributed by atoms with van der Waals surface area (Å²) in [4.78, 5) is 9.48. The molecule has 2 nitrogen and oxygen atoms in total. The molecule has 2 aromatic heterocycles. The normalized spacial score (nSPS) is 11.3. The minimum absolute atomic E-state index is 1.11. The van der Waals surface area contributed by atoms with E-state index in [-0.39, 0.29) is 0 Å². The summed E-state index contributed by atoms with van der Waals surface area (Å²) in [6.45, 7) is 0. The minimum atomic E-state index is 1.11. The lowest BCUT2D eigenvalue weighted by Crippen LogP contribution is -1.94. The SMILES string of the molecule is c1ccc(-c2cncc(-c3c4ccccc4c(-c4cncc(-c5ccccc5)c4)c4c3ccc3ccccc34)c2)cc1. The van der Waals surface area contributed by atoms with Gasteiger partial charge in [0.15, 0.2) is 0 Å². The molecule has 196 valence electrons. The second-order valence-corrected chi connectivity index (χ2v) is 10.7. The molecule has 8 aromatic rings. The Hall–Kier alpha value is -5.60. The molecule has 0 fully saturated rings. The molecule has 8 rings (SSSR count). The van der Waals surface area contributed by atoms with E-state index in [1.54, 1.807) is 0 Å². The third-order valence-electron chi connectivity index (χ3n) is 8.18. The molecule has 0 aliphatic rings. The second kappa shape index (κ2) is 10.1. The van der Waals surface area contributed by atoms with Crippen LogP contribution in [0.2, 0.25) is 0 Å². The molecule has 0 saturated carbocycles. The van der Waals surface area contributed by atoms with E-state index in [1.807, 2.05) is 36.9 Å². The van der Waals surface area contributed by atoms with Crippen LogP contribution in [0.5, 0.6) is 0 Å². The van der Waals surface area contributed by atoms with Crippen molar-refractivity contribution in [1.29, 1.82) is 0 Å². The minimum Gasteiger partial charge on any atom is -0.263 e. The lowest BCUT2D eigenvalue weighted by atomic mass is 9.84. The highest BCUT2D eigenvalue weighted by Crippen LogP contribution is 2.46. The molecular weight excluding hydrogens is 508 g/mol. The van der Waals surface area contributed by atoms with E-state index in [1.165, 1.54) is 43.4 Å². The van der Waals surface area contributed by atoms with E-state index < -0.39 is 0 Å². The van der Waals surface area contributed by atoms with Crippen molar-refractivity contribution in [1.82, 2.24) is 9.97 Å². The third-order valence-corrected chi connectivity index (χ3v) is 8.18. The number of hydrogen-bond acceptors (Lipinski definition) is 2. The number of benzene rings is 6. The van der Waals surface area contributed by atoms with Crippen molar-refractivity contribution in [2.24, 2.45) is 0 Å². The van der Waals surface area contributed by atoms with Crippen LogP contribution >= 0.6 is 0 Å². The van der Waals surface area contributed by atoms with Gasteiger partial charge in [-0.15, -0.1) is 0 Å². The summed E-state index contributed by atoms with van der Waals surface area (Å²) >= 11 is 0. The summed E-state index contributed by atoms with van der Waals surface area (Å²) in [5.74, 6) is 0. The van der Waals surface area contributed by atoms with E-state index in [0.29, 0.717) is 0 Å². The van der Waals surface area contributed by atoms with E-state index >= 15 is 0 Å². The Balaban J connectivity index is 1.49. The average Bonchev–Trinajstić information content (AvgIpc) is 3.08. The Kier molecular flexibility index (Phi) is 5.82. The number of pyridine rings is 2. The quantitative estimate of drug-likeness (QED) is 0.166. The van der Waals surface area contributed by atoms with Crippen molar-refractivity contribution in [3.8, 4) is 44.5 Å². The maximum atomic E-state index is 4.75. The van der Waals surface area contributed by atoms with Gasteiger partial charge in [0, 0.05) is 47.0 Å². The molecule has 0 spiro atoms. The first-order valence-corrected chi connectivity index (χ1v) is 14.2. The predicted molar refractivity (Wildman–Crippen MR) is 176 cm³/mol. The first-order chi connectivity index (χ1) is 20.8. The van der Waals surface area contributed by atoms with Crippen molar-refractivity contribution >= 4 is 32.3 Å². The topological polar surface area (TPSA) is 25.8 Å². The zero-order valence-electron chi connectivity index (χ0n) is 22.9. The standard InChI is InChI=1S/C40H26N2/c1-3-11-27(12-4-1)30-21-32(25-41-23-30)38-35-17-9-10-18-36(35)39(40-34-16-8-7-15-29(34)19-20-37(38)40)33-22-31(24-42-26-33)28-13-5-2-6-14-28/h1-26H. The predicted octanol–water partition coefficient (Wildman–Crippen LogP) is 10.6. The van der Waals surface area contributed by atoms with Gasteiger partial charge in [0.2, 0.25) is 0 Å². The van der Waals surface area contributed by atoms with Crippen LogP contribution in [-0.2, 0) is 0 Å². The molecule has 0 unspecified atom stereocenters. The monoisotopic (exact) mass is 534 g/mol. The van der Waals surface area contributed by atoms with Crippen LogP contribution in [0.15, 0.2) is 158 Å². The highest BCUT2D eigenvalue weighted by atomic mass is 14.6. The molecule has 0 bridgehead atoms. The lowest BCUT2D eigenvalue weighted by Gasteiger charge is -2.19. The van der Waals surface area contributed by atoms with Crippen molar-refractivity contribution in [3.05, 3.63) is 158 Å². The van der Waals surface area contributed by atoms with E-state index in [9.17, 15) is 0 Å². The van der Waals surface area contributed by atoms with Crippen LogP contribution in [0.3, 0.4) is 0 Å². The maximum absolute atomic E-state index is 4.75. The number of fused-ring (bicyclic) bond motifs is 4. The Morgan fingerprint density at radius 2 is 0.786 bits per heavy atom. The Bertz CT molecular complexity index is 2240. The Morgan fingerprint density at radius 3 is 1.40 bits per heavy atom. The lowest BCUT2D eigenvalue weighted by molar-refractivity contribution is 1.33. The molecule has 0 atom stereocenters. The van der Waals surface area contributed by atoms with E-state index in [2.05, 4.69) is 121 Å². The molecule has 0 radical (unpaired) electrons. The molecule has 42 heavy (non-hydrogen) atoms. The molecule has 0 aliphatic heterocycles. The van der Waals surface area contributed by atoms with Gasteiger partial charge in [0.1, 0.15) is 0 Å². The molecule has 0 aliphatic carbocycles. The van der Waals surface area contributed by atoms with Crippen LogP contribution < -0.4 is 0 Å². The highest BCUT2D eigenvalue weighted by molar-refractivity contribution is 6.27. The maximum Gasteiger partial charge on any atom is 0.0347 e. The van der Waals surface area contributed by atoms with E-state index in [0.717, 1.165) is 33.4 Å². The first-order valence-electron chi connectivity index (χ1n) is 14.2. The van der Waals surface area contributed by atoms with Crippen molar-refractivity contribution in [2.75, 3.05) is 0 Å². The number of rotatable bonds is 4. The second-order valence-electron chi connectivity index (χ2n) is 10.7. The Morgan fingerprint density at radius 1 is 0.310 bits per heavy atom. The van der Waals surface area contributed by atoms with Crippen molar-refractivity contribution < 1.29 is 0 Å². The summed E-state index contributed by atoms with van der Waals surface area (Å²) in [6, 6.07) is 47.5. The zero-order chi connectivity index (χ0) is 27.9. The summed E-state index contributed by atoms with van der Waals surface area (Å²) < 4.78 is 0. The summed E-state index contributed by atoms with van der Waals surface area (Å²) in [5.41, 5.74) is 9.15. The van der Waals surface area contributed by atoms with Gasteiger partial charge in [-0.1, -0.05) is 121 Å². The zero-order valence-corrected chi connectivity index (χ0v) is 22.9. The van der Waals surface area contributed by atoms with Crippen molar-refractivity contribution in [2.45, 2.75) is 0 Å². The summed E-state index contributed by atoms with van der Waals surface area (Å²) in [5, 5.41) is 7.30. The Labute approximate surface area is 244 Å². The molecular formula is C40H26N2. The van der Waals surface area contributed by atoms with Gasteiger partial charge in [0.05, 0.1) is 0 Å². The number of nitrogens with zero attached hydrogens (tertiary/aromatic N) is 2. The molecule has 0 saturated heterocycles. The van der Waals surface area contributed by atoms with Crippen molar-refractivity contribution in [3.63, 3.8) is 0 Å². The summed E-state index contributed by atoms with van der Waals surface area (Å²) in [7, 11) is 0. The van der Waals surface area contributed by atoms with Crippen LogP contribution in [0, 0.1) is 0 Å². The van der Waals surface area contributed by atoms with Crippen LogP contribution in [0.1, 0.15) is 0 Å².